The van der Waals surface area contributed by atoms with Gasteiger partial charge >= 0.3 is 0 Å². The van der Waals surface area contributed by atoms with Crippen molar-refractivity contribution in [1.29, 1.82) is 0 Å². The lowest BCUT2D eigenvalue weighted by Crippen LogP contribution is -2.58. The minimum Gasteiger partial charge on any atom is -0.391 e. The van der Waals surface area contributed by atoms with Crippen molar-refractivity contribution in [1.82, 2.24) is 20.4 Å². The van der Waals surface area contributed by atoms with Crippen LogP contribution >= 0.6 is 11.8 Å². The third kappa shape index (κ3) is 4.11. The number of nitrogens with one attached hydrogen (secondary N) is 2. The van der Waals surface area contributed by atoms with Crippen LogP contribution in [0.4, 0.5) is 0 Å². The molecule has 2 amide bonds. The molecule has 0 aromatic rings. The van der Waals surface area contributed by atoms with Crippen molar-refractivity contribution >= 4 is 23.6 Å². The van der Waals surface area contributed by atoms with E-state index in [9.17, 15) is 14.7 Å². The van der Waals surface area contributed by atoms with Gasteiger partial charge in [-0.15, -0.1) is 11.8 Å². The van der Waals surface area contributed by atoms with E-state index in [1.54, 1.807) is 16.7 Å². The lowest BCUT2D eigenvalue weighted by atomic mass is 10.0. The van der Waals surface area contributed by atoms with Crippen molar-refractivity contribution in [2.75, 3.05) is 45.0 Å². The maximum Gasteiger partial charge on any atom is 0.242 e. The summed E-state index contributed by atoms with van der Waals surface area (Å²) in [5, 5.41) is 16.3. The van der Waals surface area contributed by atoms with Crippen LogP contribution < -0.4 is 16.4 Å². The molecule has 1 spiro atoms. The summed E-state index contributed by atoms with van der Waals surface area (Å²) in [5.74, 6) is 0.783. The highest BCUT2D eigenvalue weighted by molar-refractivity contribution is 8.01. The first-order valence-electron chi connectivity index (χ1n) is 9.05. The number of amides is 2. The Morgan fingerprint density at radius 3 is 2.44 bits per heavy atom. The van der Waals surface area contributed by atoms with E-state index in [2.05, 4.69) is 10.6 Å². The van der Waals surface area contributed by atoms with Gasteiger partial charge in [0.25, 0.3) is 0 Å². The molecule has 0 aromatic carbocycles. The predicted octanol–water partition coefficient (Wildman–Crippen LogP) is -1.85. The number of nitrogens with two attached hydrogens (primary N) is 1. The Balaban J connectivity index is 1.52. The molecular formula is C16H29N5O3S. The van der Waals surface area contributed by atoms with Crippen LogP contribution in [0.1, 0.15) is 19.8 Å². The van der Waals surface area contributed by atoms with Crippen LogP contribution in [0.3, 0.4) is 0 Å². The van der Waals surface area contributed by atoms with Crippen LogP contribution in [0.25, 0.3) is 0 Å². The molecule has 9 heteroatoms. The summed E-state index contributed by atoms with van der Waals surface area (Å²) in [7, 11) is 0. The van der Waals surface area contributed by atoms with E-state index in [0.29, 0.717) is 13.1 Å². The van der Waals surface area contributed by atoms with Gasteiger partial charge in [0.05, 0.1) is 17.0 Å². The number of likely N-dealkylation sites (tertiary alicyclic amines) is 1. The molecule has 25 heavy (non-hydrogen) atoms. The van der Waals surface area contributed by atoms with E-state index in [0.717, 1.165) is 44.8 Å². The topological polar surface area (TPSA) is 111 Å². The lowest BCUT2D eigenvalue weighted by Gasteiger charge is -2.40. The normalized spacial score (nSPS) is 28.8. The molecule has 0 saturated carbocycles. The molecule has 142 valence electrons. The van der Waals surface area contributed by atoms with Crippen molar-refractivity contribution < 1.29 is 14.7 Å². The number of hydrogen-bond acceptors (Lipinski definition) is 7. The summed E-state index contributed by atoms with van der Waals surface area (Å²) in [5.41, 5.74) is 5.76. The smallest absolute Gasteiger partial charge is 0.242 e. The number of piperidine rings is 1. The van der Waals surface area contributed by atoms with E-state index < -0.39 is 12.1 Å². The number of rotatable bonds is 3. The molecule has 3 aliphatic rings. The Morgan fingerprint density at radius 1 is 1.20 bits per heavy atom. The zero-order valence-corrected chi connectivity index (χ0v) is 15.6. The summed E-state index contributed by atoms with van der Waals surface area (Å²) in [4.78, 5) is 28.5. The van der Waals surface area contributed by atoms with Crippen molar-refractivity contribution in [3.63, 3.8) is 0 Å². The maximum atomic E-state index is 12.7. The van der Waals surface area contributed by atoms with Crippen molar-refractivity contribution in [3.8, 4) is 0 Å². The van der Waals surface area contributed by atoms with Gasteiger partial charge in [-0.1, -0.05) is 0 Å². The highest BCUT2D eigenvalue weighted by atomic mass is 32.2. The highest BCUT2D eigenvalue weighted by Gasteiger charge is 2.45. The molecule has 0 unspecified atom stereocenters. The summed E-state index contributed by atoms with van der Waals surface area (Å²) < 4.78 is 0. The molecule has 0 radical (unpaired) electrons. The second-order valence-corrected chi connectivity index (χ2v) is 8.57. The molecule has 3 saturated heterocycles. The van der Waals surface area contributed by atoms with Gasteiger partial charge in [-0.05, 0) is 19.8 Å². The van der Waals surface area contributed by atoms with Gasteiger partial charge in [0.15, 0.2) is 0 Å². The SMILES string of the molecule is C[C@@H](O)[C@H](N)C(=O)N1CCC2(CC1)N[C@H](C(=O)N1CCNCC1)CS2. The first-order valence-corrected chi connectivity index (χ1v) is 10.0. The fourth-order valence-electron chi connectivity index (χ4n) is 3.68. The molecule has 3 rings (SSSR count). The number of nitrogens with zero attached hydrogens (tertiary/aromatic N) is 2. The summed E-state index contributed by atoms with van der Waals surface area (Å²) >= 11 is 1.80. The second-order valence-electron chi connectivity index (χ2n) is 7.17. The Labute approximate surface area is 152 Å². The Kier molecular flexibility index (Phi) is 5.89. The number of carbonyl (C=O) groups excluding carboxylic acids is 2. The largest absolute Gasteiger partial charge is 0.391 e. The van der Waals surface area contributed by atoms with Crippen LogP contribution in [-0.4, -0.2) is 94.8 Å². The summed E-state index contributed by atoms with van der Waals surface area (Å²) in [6, 6.07) is -0.995. The third-order valence-electron chi connectivity index (χ3n) is 5.38. The molecule has 3 heterocycles. The van der Waals surface area contributed by atoms with Gasteiger partial charge in [-0.25, -0.2) is 0 Å². The van der Waals surface area contributed by atoms with Crippen molar-refractivity contribution in [2.24, 2.45) is 5.73 Å². The van der Waals surface area contributed by atoms with E-state index in [1.807, 2.05) is 4.90 Å². The molecule has 8 nitrogen and oxygen atoms in total. The number of aliphatic hydroxyl groups is 1. The first kappa shape index (κ1) is 18.9. The molecular weight excluding hydrogens is 342 g/mol. The lowest BCUT2D eigenvalue weighted by molar-refractivity contribution is -0.137. The van der Waals surface area contributed by atoms with E-state index in [1.165, 1.54) is 6.92 Å². The second kappa shape index (κ2) is 7.79. The summed E-state index contributed by atoms with van der Waals surface area (Å²) in [6.45, 7) is 6.01. The standard InChI is InChI=1S/C16H29N5O3S/c1-11(22)13(17)15(24)20-6-2-16(3-7-20)19-12(10-25-16)14(23)21-8-4-18-5-9-21/h11-13,18-19,22H,2-10,17H2,1H3/t11-,12+,13+/m1/s1. The number of aliphatic hydroxyl groups excluding tert-OH is 1. The van der Waals surface area contributed by atoms with Gasteiger partial charge in [0, 0.05) is 45.0 Å². The first-order chi connectivity index (χ1) is 11.9. The molecule has 5 N–H and O–H groups in total. The maximum absolute atomic E-state index is 12.7. The Bertz CT molecular complexity index is 504. The minimum atomic E-state index is -0.861. The van der Waals surface area contributed by atoms with Gasteiger partial charge in [0.2, 0.25) is 11.8 Å². The van der Waals surface area contributed by atoms with Crippen LogP contribution in [0.2, 0.25) is 0 Å². The zero-order chi connectivity index (χ0) is 18.0. The van der Waals surface area contributed by atoms with Gasteiger partial charge in [0.1, 0.15) is 6.04 Å². The zero-order valence-electron chi connectivity index (χ0n) is 14.7. The monoisotopic (exact) mass is 371 g/mol. The minimum absolute atomic E-state index is 0.125. The fraction of sp³-hybridized carbons (Fsp3) is 0.875. The Morgan fingerprint density at radius 2 is 1.84 bits per heavy atom. The van der Waals surface area contributed by atoms with Gasteiger partial charge in [-0.2, -0.15) is 0 Å². The van der Waals surface area contributed by atoms with Crippen LogP contribution in [0.5, 0.6) is 0 Å². The number of hydrogen-bond donors (Lipinski definition) is 4. The van der Waals surface area contributed by atoms with Crippen molar-refractivity contribution in [2.45, 2.75) is 42.8 Å². The third-order valence-corrected chi connectivity index (χ3v) is 6.96. The Hall–Kier alpha value is -0.870. The average molecular weight is 372 g/mol. The van der Waals surface area contributed by atoms with Crippen molar-refractivity contribution in [3.05, 3.63) is 0 Å². The van der Waals surface area contributed by atoms with Crippen LogP contribution in [0.15, 0.2) is 0 Å². The summed E-state index contributed by atoms with van der Waals surface area (Å²) in [6.07, 6.45) is 0.742. The van der Waals surface area contributed by atoms with Gasteiger partial charge < -0.3 is 26.0 Å². The van der Waals surface area contributed by atoms with E-state index >= 15 is 0 Å². The van der Waals surface area contributed by atoms with E-state index in [-0.39, 0.29) is 22.7 Å². The molecule has 3 atom stereocenters. The molecule has 0 bridgehead atoms. The van der Waals surface area contributed by atoms with Crippen LogP contribution in [0, 0.1) is 0 Å². The quantitative estimate of drug-likeness (QED) is 0.461. The number of carbonyl (C=O) groups is 2. The molecule has 3 aliphatic heterocycles. The number of thioether (sulfide) groups is 1. The fourth-order valence-corrected chi connectivity index (χ4v) is 5.08. The predicted molar refractivity (Wildman–Crippen MR) is 97.0 cm³/mol. The molecule has 3 fully saturated rings. The van der Waals surface area contributed by atoms with Gasteiger partial charge in [-0.3, -0.25) is 14.9 Å². The number of piperazine rings is 1. The molecule has 0 aliphatic carbocycles. The molecule has 0 aromatic heterocycles. The average Bonchev–Trinajstić information content (AvgIpc) is 3.04. The van der Waals surface area contributed by atoms with Crippen LogP contribution in [-0.2, 0) is 9.59 Å². The van der Waals surface area contributed by atoms with E-state index in [4.69, 9.17) is 5.73 Å². The highest BCUT2D eigenvalue weighted by Crippen LogP contribution is 2.39.